The summed E-state index contributed by atoms with van der Waals surface area (Å²) in [6.45, 7) is 0. The molecule has 1 aromatic heterocycles. The minimum atomic E-state index is -3.41. The number of oxazole rings is 1. The zero-order valence-electron chi connectivity index (χ0n) is 16.1. The van der Waals surface area contributed by atoms with Gasteiger partial charge in [-0.15, -0.1) is 0 Å². The summed E-state index contributed by atoms with van der Waals surface area (Å²) in [6, 6.07) is 26.7. The molecule has 0 spiro atoms. The van der Waals surface area contributed by atoms with Crippen LogP contribution in [0.5, 0.6) is 0 Å². The van der Waals surface area contributed by atoms with E-state index in [2.05, 4.69) is 12.1 Å². The molecule has 4 rings (SSSR count). The van der Waals surface area contributed by atoms with Gasteiger partial charge in [-0.1, -0.05) is 72.8 Å². The zero-order valence-corrected chi connectivity index (χ0v) is 16.9. The Bertz CT molecular complexity index is 1210. The molecule has 0 saturated carbocycles. The maximum absolute atomic E-state index is 12.3. The lowest BCUT2D eigenvalue weighted by Gasteiger charge is -2.07. The van der Waals surface area contributed by atoms with Gasteiger partial charge in [-0.2, -0.15) is 0 Å². The van der Waals surface area contributed by atoms with Crippen LogP contribution in [-0.2, 0) is 22.7 Å². The topological polar surface area (TPSA) is 60.2 Å². The SMILES string of the molecule is CS(=O)(=O)c1ccccc1-c1oc(CCc2ccccc2)nc1-c1ccccc1. The van der Waals surface area contributed by atoms with E-state index < -0.39 is 9.84 Å². The van der Waals surface area contributed by atoms with Gasteiger partial charge < -0.3 is 4.42 Å². The Kier molecular flexibility index (Phi) is 5.32. The molecule has 0 radical (unpaired) electrons. The molecule has 0 saturated heterocycles. The monoisotopic (exact) mass is 403 g/mol. The molecule has 146 valence electrons. The molecule has 0 aliphatic carbocycles. The first-order valence-corrected chi connectivity index (χ1v) is 11.3. The molecule has 0 aliphatic rings. The van der Waals surface area contributed by atoms with Crippen LogP contribution in [0.3, 0.4) is 0 Å². The van der Waals surface area contributed by atoms with Crippen molar-refractivity contribution in [2.24, 2.45) is 0 Å². The normalized spacial score (nSPS) is 11.5. The largest absolute Gasteiger partial charge is 0.440 e. The first kappa shape index (κ1) is 19.2. The Balaban J connectivity index is 1.80. The summed E-state index contributed by atoms with van der Waals surface area (Å²) in [7, 11) is -3.41. The Morgan fingerprint density at radius 2 is 1.41 bits per heavy atom. The summed E-state index contributed by atoms with van der Waals surface area (Å²) in [5.74, 6) is 1.08. The van der Waals surface area contributed by atoms with Crippen molar-refractivity contribution >= 4 is 9.84 Å². The lowest BCUT2D eigenvalue weighted by Crippen LogP contribution is -1.99. The van der Waals surface area contributed by atoms with Crippen LogP contribution in [0.1, 0.15) is 11.5 Å². The van der Waals surface area contributed by atoms with E-state index in [4.69, 9.17) is 9.40 Å². The molecular weight excluding hydrogens is 382 g/mol. The summed E-state index contributed by atoms with van der Waals surface area (Å²) in [4.78, 5) is 4.97. The first-order chi connectivity index (χ1) is 14.0. The summed E-state index contributed by atoms with van der Waals surface area (Å²) in [5, 5.41) is 0. The van der Waals surface area contributed by atoms with Crippen molar-refractivity contribution in [3.63, 3.8) is 0 Å². The van der Waals surface area contributed by atoms with Gasteiger partial charge >= 0.3 is 0 Å². The molecule has 0 unspecified atom stereocenters. The van der Waals surface area contributed by atoms with Gasteiger partial charge in [0.25, 0.3) is 0 Å². The molecule has 3 aromatic carbocycles. The number of benzene rings is 3. The fourth-order valence-electron chi connectivity index (χ4n) is 3.32. The van der Waals surface area contributed by atoms with Crippen LogP contribution in [0.25, 0.3) is 22.6 Å². The van der Waals surface area contributed by atoms with Gasteiger partial charge in [0, 0.05) is 23.8 Å². The molecule has 0 atom stereocenters. The molecule has 4 nitrogen and oxygen atoms in total. The lowest BCUT2D eigenvalue weighted by molar-refractivity contribution is 0.504. The van der Waals surface area contributed by atoms with Crippen molar-refractivity contribution in [2.75, 3.05) is 6.26 Å². The highest BCUT2D eigenvalue weighted by molar-refractivity contribution is 7.90. The van der Waals surface area contributed by atoms with Crippen molar-refractivity contribution in [1.82, 2.24) is 4.98 Å². The van der Waals surface area contributed by atoms with Crippen LogP contribution in [0.2, 0.25) is 0 Å². The predicted octanol–water partition coefficient (Wildman–Crippen LogP) is 5.20. The van der Waals surface area contributed by atoms with E-state index in [9.17, 15) is 8.42 Å². The van der Waals surface area contributed by atoms with Crippen molar-refractivity contribution < 1.29 is 12.8 Å². The molecule has 4 aromatic rings. The number of aryl methyl sites for hydroxylation is 2. The van der Waals surface area contributed by atoms with Crippen LogP contribution in [-0.4, -0.2) is 19.7 Å². The Morgan fingerprint density at radius 3 is 2.10 bits per heavy atom. The third kappa shape index (κ3) is 4.30. The van der Waals surface area contributed by atoms with E-state index in [1.165, 1.54) is 11.8 Å². The summed E-state index contributed by atoms with van der Waals surface area (Å²) in [5.41, 5.74) is 3.28. The maximum Gasteiger partial charge on any atom is 0.195 e. The van der Waals surface area contributed by atoms with Crippen molar-refractivity contribution in [3.05, 3.63) is 96.4 Å². The Labute approximate surface area is 170 Å². The highest BCUT2D eigenvalue weighted by atomic mass is 32.2. The fraction of sp³-hybridized carbons (Fsp3) is 0.125. The average Bonchev–Trinajstić information content (AvgIpc) is 3.17. The maximum atomic E-state index is 12.3. The third-order valence-corrected chi connectivity index (χ3v) is 5.88. The number of rotatable bonds is 6. The average molecular weight is 404 g/mol. The predicted molar refractivity (Wildman–Crippen MR) is 114 cm³/mol. The van der Waals surface area contributed by atoms with Gasteiger partial charge in [-0.3, -0.25) is 0 Å². The van der Waals surface area contributed by atoms with Crippen molar-refractivity contribution in [2.45, 2.75) is 17.7 Å². The van der Waals surface area contributed by atoms with E-state index in [0.717, 1.165) is 12.0 Å². The number of sulfone groups is 1. The van der Waals surface area contributed by atoms with Gasteiger partial charge in [0.05, 0.1) is 4.90 Å². The van der Waals surface area contributed by atoms with Gasteiger partial charge in [-0.05, 0) is 24.1 Å². The minimum Gasteiger partial charge on any atom is -0.440 e. The van der Waals surface area contributed by atoms with Crippen molar-refractivity contribution in [1.29, 1.82) is 0 Å². The third-order valence-electron chi connectivity index (χ3n) is 4.72. The van der Waals surface area contributed by atoms with Gasteiger partial charge in [-0.25, -0.2) is 13.4 Å². The molecule has 0 N–H and O–H groups in total. The highest BCUT2D eigenvalue weighted by Crippen LogP contribution is 2.36. The summed E-state index contributed by atoms with van der Waals surface area (Å²) in [6.07, 6.45) is 2.63. The van der Waals surface area contributed by atoms with Gasteiger partial charge in [0.1, 0.15) is 5.69 Å². The van der Waals surface area contributed by atoms with E-state index in [0.29, 0.717) is 29.3 Å². The van der Waals surface area contributed by atoms with Gasteiger partial charge in [0.15, 0.2) is 21.5 Å². The second-order valence-electron chi connectivity index (χ2n) is 6.91. The van der Waals surface area contributed by atoms with Crippen LogP contribution >= 0.6 is 0 Å². The number of hydrogen-bond donors (Lipinski definition) is 0. The van der Waals surface area contributed by atoms with E-state index in [-0.39, 0.29) is 4.90 Å². The molecule has 0 fully saturated rings. The number of hydrogen-bond acceptors (Lipinski definition) is 4. The van der Waals surface area contributed by atoms with E-state index in [1.54, 1.807) is 18.2 Å². The molecule has 1 heterocycles. The summed E-state index contributed by atoms with van der Waals surface area (Å²) >= 11 is 0. The molecular formula is C24H21NO3S. The quantitative estimate of drug-likeness (QED) is 0.444. The molecule has 0 aliphatic heterocycles. The van der Waals surface area contributed by atoms with E-state index >= 15 is 0 Å². The zero-order chi connectivity index (χ0) is 20.3. The molecule has 29 heavy (non-hydrogen) atoms. The number of aromatic nitrogens is 1. The minimum absolute atomic E-state index is 0.239. The van der Waals surface area contributed by atoms with Crippen LogP contribution in [0, 0.1) is 0 Å². The Hall–Kier alpha value is -3.18. The standard InChI is InChI=1S/C24H21NO3S/c1-29(26,27)21-15-9-8-14-20(21)24-23(19-12-6-3-7-13-19)25-22(28-24)17-16-18-10-4-2-5-11-18/h2-15H,16-17H2,1H3. The first-order valence-electron chi connectivity index (χ1n) is 9.41. The Morgan fingerprint density at radius 1 is 0.793 bits per heavy atom. The van der Waals surface area contributed by atoms with Crippen molar-refractivity contribution in [3.8, 4) is 22.6 Å². The molecule has 0 amide bonds. The molecule has 5 heteroatoms. The van der Waals surface area contributed by atoms with Gasteiger partial charge in [0.2, 0.25) is 0 Å². The van der Waals surface area contributed by atoms with E-state index in [1.807, 2.05) is 54.6 Å². The second kappa shape index (κ2) is 8.05. The summed E-state index contributed by atoms with van der Waals surface area (Å²) < 4.78 is 30.8. The molecule has 0 bridgehead atoms. The number of nitrogens with zero attached hydrogens (tertiary/aromatic N) is 1. The highest BCUT2D eigenvalue weighted by Gasteiger charge is 2.22. The van der Waals surface area contributed by atoms with Crippen LogP contribution in [0.4, 0.5) is 0 Å². The fourth-order valence-corrected chi connectivity index (χ4v) is 4.21. The van der Waals surface area contributed by atoms with Crippen LogP contribution < -0.4 is 0 Å². The second-order valence-corrected chi connectivity index (χ2v) is 8.89. The smallest absolute Gasteiger partial charge is 0.195 e. The lowest BCUT2D eigenvalue weighted by atomic mass is 10.1. The van der Waals surface area contributed by atoms with Crippen LogP contribution in [0.15, 0.2) is 94.2 Å².